The van der Waals surface area contributed by atoms with Crippen LogP contribution in [0.2, 0.25) is 0 Å². The van der Waals surface area contributed by atoms with Crippen molar-refractivity contribution in [2.45, 2.75) is 19.0 Å². The molecule has 0 aliphatic rings. The summed E-state index contributed by atoms with van der Waals surface area (Å²) in [5.74, 6) is -0.436. The Bertz CT molecular complexity index is 684. The molecule has 24 heavy (non-hydrogen) atoms. The zero-order chi connectivity index (χ0) is 17.6. The number of carbonyl (C=O) groups excluding carboxylic acids is 1. The van der Waals surface area contributed by atoms with Gasteiger partial charge in [-0.2, -0.15) is 13.2 Å². The van der Waals surface area contributed by atoms with Gasteiger partial charge >= 0.3 is 6.18 Å². The molecular formula is C18H19F3N2O. The first-order chi connectivity index (χ1) is 11.4. The fourth-order valence-electron chi connectivity index (χ4n) is 2.47. The lowest BCUT2D eigenvalue weighted by atomic mass is 9.94. The van der Waals surface area contributed by atoms with Gasteiger partial charge in [0.15, 0.2) is 0 Å². The predicted octanol–water partition coefficient (Wildman–Crippen LogP) is 3.38. The summed E-state index contributed by atoms with van der Waals surface area (Å²) >= 11 is 0. The topological polar surface area (TPSA) is 55.1 Å². The van der Waals surface area contributed by atoms with E-state index < -0.39 is 17.6 Å². The summed E-state index contributed by atoms with van der Waals surface area (Å²) in [6.45, 7) is 0.663. The Morgan fingerprint density at radius 3 is 2.42 bits per heavy atom. The van der Waals surface area contributed by atoms with Crippen molar-refractivity contribution < 1.29 is 18.0 Å². The fraction of sp³-hybridized carbons (Fsp3) is 0.278. The van der Waals surface area contributed by atoms with Crippen molar-refractivity contribution in [2.24, 2.45) is 5.73 Å². The van der Waals surface area contributed by atoms with Crippen LogP contribution in [-0.4, -0.2) is 19.0 Å². The lowest BCUT2D eigenvalue weighted by Gasteiger charge is -2.14. The SMILES string of the molecule is NC(=O)CNCCCc1ccc(C(F)(F)F)cc1-c1ccccc1. The number of primary amides is 1. The Hall–Kier alpha value is -2.34. The number of alkyl halides is 3. The van der Waals surface area contributed by atoms with Crippen molar-refractivity contribution in [3.8, 4) is 11.1 Å². The number of hydrogen-bond donors (Lipinski definition) is 2. The Labute approximate surface area is 138 Å². The molecule has 0 aliphatic heterocycles. The van der Waals surface area contributed by atoms with E-state index in [1.54, 1.807) is 24.3 Å². The first-order valence-corrected chi connectivity index (χ1v) is 7.62. The molecule has 0 fully saturated rings. The van der Waals surface area contributed by atoms with E-state index in [1.807, 2.05) is 6.07 Å². The average Bonchev–Trinajstić information content (AvgIpc) is 2.54. The fourth-order valence-corrected chi connectivity index (χ4v) is 2.47. The van der Waals surface area contributed by atoms with Gasteiger partial charge in [0.2, 0.25) is 5.91 Å². The van der Waals surface area contributed by atoms with Crippen LogP contribution < -0.4 is 11.1 Å². The predicted molar refractivity (Wildman–Crippen MR) is 87.3 cm³/mol. The molecule has 6 heteroatoms. The number of aryl methyl sites for hydroxylation is 1. The van der Waals surface area contributed by atoms with Gasteiger partial charge in [0.1, 0.15) is 0 Å². The molecular weight excluding hydrogens is 317 g/mol. The standard InChI is InChI=1S/C18H19F3N2O/c19-18(20,21)15-9-8-14(7-4-10-23-12-17(22)24)16(11-15)13-5-2-1-3-6-13/h1-3,5-6,8-9,11,23H,4,7,10,12H2,(H2,22,24). The molecule has 3 nitrogen and oxygen atoms in total. The normalized spacial score (nSPS) is 11.5. The van der Waals surface area contributed by atoms with Crippen molar-refractivity contribution in [3.05, 3.63) is 59.7 Å². The molecule has 0 saturated heterocycles. The smallest absolute Gasteiger partial charge is 0.369 e. The Morgan fingerprint density at radius 2 is 1.79 bits per heavy atom. The van der Waals surface area contributed by atoms with Crippen molar-refractivity contribution in [1.29, 1.82) is 0 Å². The van der Waals surface area contributed by atoms with E-state index >= 15 is 0 Å². The number of hydrogen-bond acceptors (Lipinski definition) is 2. The third-order valence-corrected chi connectivity index (χ3v) is 3.62. The van der Waals surface area contributed by atoms with Crippen LogP contribution in [0.3, 0.4) is 0 Å². The Morgan fingerprint density at radius 1 is 1.08 bits per heavy atom. The monoisotopic (exact) mass is 336 g/mol. The van der Waals surface area contributed by atoms with Gasteiger partial charge in [-0.3, -0.25) is 4.79 Å². The quantitative estimate of drug-likeness (QED) is 0.762. The van der Waals surface area contributed by atoms with E-state index in [4.69, 9.17) is 5.73 Å². The second-order valence-corrected chi connectivity index (χ2v) is 5.48. The molecule has 0 saturated carbocycles. The molecule has 0 bridgehead atoms. The average molecular weight is 336 g/mol. The largest absolute Gasteiger partial charge is 0.416 e. The second-order valence-electron chi connectivity index (χ2n) is 5.48. The van der Waals surface area contributed by atoms with Gasteiger partial charge in [-0.1, -0.05) is 36.4 Å². The van der Waals surface area contributed by atoms with Gasteiger partial charge in [0.05, 0.1) is 12.1 Å². The summed E-state index contributed by atoms with van der Waals surface area (Å²) in [6.07, 6.45) is -3.07. The number of halogens is 3. The van der Waals surface area contributed by atoms with Gasteiger partial charge in [-0.25, -0.2) is 0 Å². The molecule has 0 unspecified atom stereocenters. The molecule has 0 atom stereocenters. The van der Waals surface area contributed by atoms with Crippen LogP contribution >= 0.6 is 0 Å². The maximum absolute atomic E-state index is 13.0. The van der Waals surface area contributed by atoms with Crippen LogP contribution in [0, 0.1) is 0 Å². The van der Waals surface area contributed by atoms with E-state index in [1.165, 1.54) is 12.1 Å². The van der Waals surface area contributed by atoms with E-state index in [0.717, 1.165) is 17.2 Å². The van der Waals surface area contributed by atoms with Crippen molar-refractivity contribution in [3.63, 3.8) is 0 Å². The van der Waals surface area contributed by atoms with E-state index in [2.05, 4.69) is 5.32 Å². The summed E-state index contributed by atoms with van der Waals surface area (Å²) < 4.78 is 39.0. The third kappa shape index (κ3) is 5.09. The van der Waals surface area contributed by atoms with Crippen LogP contribution in [0.1, 0.15) is 17.5 Å². The minimum atomic E-state index is -4.37. The Kier molecular flexibility index (Phi) is 5.98. The molecule has 0 heterocycles. The third-order valence-electron chi connectivity index (χ3n) is 3.62. The molecule has 2 aromatic rings. The summed E-state index contributed by atoms with van der Waals surface area (Å²) in [6, 6.07) is 12.8. The van der Waals surface area contributed by atoms with Crippen molar-refractivity contribution in [1.82, 2.24) is 5.32 Å². The zero-order valence-corrected chi connectivity index (χ0v) is 13.1. The van der Waals surface area contributed by atoms with Gasteiger partial charge in [0, 0.05) is 0 Å². The molecule has 0 aromatic heterocycles. The highest BCUT2D eigenvalue weighted by Crippen LogP contribution is 2.34. The van der Waals surface area contributed by atoms with E-state index in [0.29, 0.717) is 24.9 Å². The van der Waals surface area contributed by atoms with Gasteiger partial charge < -0.3 is 11.1 Å². The molecule has 3 N–H and O–H groups in total. The minimum Gasteiger partial charge on any atom is -0.369 e. The number of carbonyl (C=O) groups is 1. The zero-order valence-electron chi connectivity index (χ0n) is 13.1. The lowest BCUT2D eigenvalue weighted by Crippen LogP contribution is -2.29. The molecule has 0 aliphatic carbocycles. The number of benzene rings is 2. The summed E-state index contributed by atoms with van der Waals surface area (Å²) in [4.78, 5) is 10.7. The highest BCUT2D eigenvalue weighted by Gasteiger charge is 2.31. The summed E-state index contributed by atoms with van der Waals surface area (Å²) in [5, 5.41) is 2.90. The van der Waals surface area contributed by atoms with Gasteiger partial charge in [-0.05, 0) is 48.2 Å². The molecule has 2 aromatic carbocycles. The number of nitrogens with two attached hydrogens (primary N) is 1. The minimum absolute atomic E-state index is 0.0958. The molecule has 0 spiro atoms. The van der Waals surface area contributed by atoms with Gasteiger partial charge in [0.25, 0.3) is 0 Å². The Balaban J connectivity index is 2.19. The second kappa shape index (κ2) is 7.97. The van der Waals surface area contributed by atoms with Crippen molar-refractivity contribution in [2.75, 3.05) is 13.1 Å². The van der Waals surface area contributed by atoms with Crippen LogP contribution in [0.5, 0.6) is 0 Å². The number of rotatable bonds is 7. The van der Waals surface area contributed by atoms with E-state index in [-0.39, 0.29) is 6.54 Å². The van der Waals surface area contributed by atoms with Crippen molar-refractivity contribution >= 4 is 5.91 Å². The first-order valence-electron chi connectivity index (χ1n) is 7.62. The molecule has 128 valence electrons. The molecule has 2 rings (SSSR count). The van der Waals surface area contributed by atoms with Crippen LogP contribution in [0.25, 0.3) is 11.1 Å². The maximum Gasteiger partial charge on any atom is 0.416 e. The summed E-state index contributed by atoms with van der Waals surface area (Å²) in [7, 11) is 0. The van der Waals surface area contributed by atoms with Crippen LogP contribution in [-0.2, 0) is 17.4 Å². The van der Waals surface area contributed by atoms with Crippen LogP contribution in [0.15, 0.2) is 48.5 Å². The summed E-state index contributed by atoms with van der Waals surface area (Å²) in [5.41, 5.74) is 6.56. The highest BCUT2D eigenvalue weighted by atomic mass is 19.4. The number of amides is 1. The van der Waals surface area contributed by atoms with E-state index in [9.17, 15) is 18.0 Å². The first kappa shape index (κ1) is 18.0. The molecule has 0 radical (unpaired) electrons. The van der Waals surface area contributed by atoms with Gasteiger partial charge in [-0.15, -0.1) is 0 Å². The highest BCUT2D eigenvalue weighted by molar-refractivity contribution is 5.75. The lowest BCUT2D eigenvalue weighted by molar-refractivity contribution is -0.137. The number of nitrogens with one attached hydrogen (secondary N) is 1. The van der Waals surface area contributed by atoms with Crippen LogP contribution in [0.4, 0.5) is 13.2 Å². The maximum atomic E-state index is 13.0. The molecule has 1 amide bonds.